The predicted molar refractivity (Wildman–Crippen MR) is 53.7 cm³/mol. The molecule has 0 aromatic carbocycles. The zero-order valence-corrected chi connectivity index (χ0v) is 9.69. The molecule has 0 aromatic heterocycles. The van der Waals surface area contributed by atoms with Crippen molar-refractivity contribution in [1.82, 2.24) is 0 Å². The zero-order valence-electron chi connectivity index (χ0n) is 8.18. The lowest BCUT2D eigenvalue weighted by Crippen LogP contribution is -2.55. The van der Waals surface area contributed by atoms with E-state index < -0.39 is 29.0 Å². The molecule has 0 bridgehead atoms. The molecule has 94 valence electrons. The van der Waals surface area contributed by atoms with Crippen LogP contribution in [-0.2, 0) is 14.3 Å². The van der Waals surface area contributed by atoms with Crippen LogP contribution < -0.4 is 0 Å². The molecule has 16 heavy (non-hydrogen) atoms. The van der Waals surface area contributed by atoms with Crippen LogP contribution in [0.1, 0.15) is 12.8 Å². The maximum absolute atomic E-state index is 11.1. The Kier molecular flexibility index (Phi) is 4.78. The summed E-state index contributed by atoms with van der Waals surface area (Å²) in [7, 11) is 0. The first kappa shape index (κ1) is 14.0. The fraction of sp³-hybridized carbons (Fsp3) is 0.875. The van der Waals surface area contributed by atoms with E-state index in [0.29, 0.717) is 6.42 Å². The minimum absolute atomic E-state index is 0.115. The minimum Gasteiger partial charge on any atom is -0.404 e. The van der Waals surface area contributed by atoms with Crippen LogP contribution in [0.4, 0.5) is 0 Å². The molecule has 1 aliphatic rings. The molecular formula is C8H12Cl2O6. The summed E-state index contributed by atoms with van der Waals surface area (Å²) >= 11 is 10.4. The van der Waals surface area contributed by atoms with Gasteiger partial charge in [0.2, 0.25) is 4.84 Å². The molecule has 3 unspecified atom stereocenters. The molecule has 3 atom stereocenters. The van der Waals surface area contributed by atoms with Crippen molar-refractivity contribution in [1.29, 1.82) is 0 Å². The van der Waals surface area contributed by atoms with Crippen LogP contribution in [0, 0.1) is 0 Å². The van der Waals surface area contributed by atoms with Crippen LogP contribution in [0.25, 0.3) is 0 Å². The number of hydrogen-bond donors (Lipinski definition) is 3. The molecule has 1 fully saturated rings. The lowest BCUT2D eigenvalue weighted by Gasteiger charge is -2.38. The molecule has 0 spiro atoms. The molecule has 1 rings (SSSR count). The second kappa shape index (κ2) is 5.48. The molecule has 0 radical (unpaired) electrons. The van der Waals surface area contributed by atoms with Crippen LogP contribution in [0.3, 0.4) is 0 Å². The van der Waals surface area contributed by atoms with Crippen molar-refractivity contribution in [3.63, 3.8) is 0 Å². The Labute approximate surface area is 102 Å². The van der Waals surface area contributed by atoms with Crippen LogP contribution in [-0.4, -0.2) is 50.9 Å². The van der Waals surface area contributed by atoms with Crippen LogP contribution >= 0.6 is 23.2 Å². The van der Waals surface area contributed by atoms with Crippen molar-refractivity contribution in [2.24, 2.45) is 0 Å². The summed E-state index contributed by atoms with van der Waals surface area (Å²) in [5.74, 6) is -3.64. The Morgan fingerprint density at radius 1 is 1.56 bits per heavy atom. The van der Waals surface area contributed by atoms with Crippen molar-refractivity contribution >= 4 is 29.2 Å². The van der Waals surface area contributed by atoms with Gasteiger partial charge in [-0.25, -0.2) is 4.79 Å². The predicted octanol–water partition coefficient (Wildman–Crippen LogP) is -0.488. The van der Waals surface area contributed by atoms with Gasteiger partial charge in [0.05, 0.1) is 12.7 Å². The molecule has 0 aliphatic carbocycles. The van der Waals surface area contributed by atoms with E-state index in [2.05, 4.69) is 4.74 Å². The molecule has 1 aliphatic heterocycles. The van der Waals surface area contributed by atoms with Crippen LogP contribution in [0.5, 0.6) is 0 Å². The molecule has 0 aromatic rings. The first-order valence-corrected chi connectivity index (χ1v) is 5.46. The van der Waals surface area contributed by atoms with E-state index in [4.69, 9.17) is 33.0 Å². The second-order valence-electron chi connectivity index (χ2n) is 3.37. The summed E-state index contributed by atoms with van der Waals surface area (Å²) in [5, 5.41) is 28.0. The van der Waals surface area contributed by atoms with E-state index in [-0.39, 0.29) is 13.0 Å². The maximum atomic E-state index is 11.1. The average Bonchev–Trinajstić information content (AvgIpc) is 2.22. The first-order valence-electron chi connectivity index (χ1n) is 4.59. The fourth-order valence-electron chi connectivity index (χ4n) is 1.31. The van der Waals surface area contributed by atoms with E-state index in [1.54, 1.807) is 0 Å². The Morgan fingerprint density at radius 3 is 2.69 bits per heavy atom. The first-order chi connectivity index (χ1) is 7.39. The lowest BCUT2D eigenvalue weighted by molar-refractivity contribution is -0.407. The summed E-state index contributed by atoms with van der Waals surface area (Å²) < 4.78 is 9.31. The molecular weight excluding hydrogens is 263 g/mol. The zero-order chi connectivity index (χ0) is 12.3. The van der Waals surface area contributed by atoms with Gasteiger partial charge in [-0.2, -0.15) is 0 Å². The topological polar surface area (TPSA) is 96.2 Å². The summed E-state index contributed by atoms with van der Waals surface area (Å²) in [6, 6.07) is 0. The van der Waals surface area contributed by atoms with Gasteiger partial charge in [-0.05, 0) is 12.8 Å². The third-order valence-electron chi connectivity index (χ3n) is 2.15. The lowest BCUT2D eigenvalue weighted by atomic mass is 10.0. The average molecular weight is 275 g/mol. The van der Waals surface area contributed by atoms with Crippen molar-refractivity contribution < 1.29 is 29.6 Å². The van der Waals surface area contributed by atoms with E-state index in [0.717, 1.165) is 0 Å². The van der Waals surface area contributed by atoms with Gasteiger partial charge in [0.15, 0.2) is 0 Å². The molecule has 3 N–H and O–H groups in total. The second-order valence-corrected chi connectivity index (χ2v) is 4.46. The van der Waals surface area contributed by atoms with Crippen molar-refractivity contribution in [3.8, 4) is 0 Å². The van der Waals surface area contributed by atoms with Crippen molar-refractivity contribution in [3.05, 3.63) is 0 Å². The number of esters is 1. The molecule has 1 saturated heterocycles. The highest BCUT2D eigenvalue weighted by molar-refractivity contribution is 6.52. The van der Waals surface area contributed by atoms with Crippen LogP contribution in [0.2, 0.25) is 0 Å². The number of alkyl halides is 2. The molecule has 0 amide bonds. The highest BCUT2D eigenvalue weighted by Crippen LogP contribution is 2.29. The number of aliphatic hydroxyl groups is 3. The summed E-state index contributed by atoms with van der Waals surface area (Å²) in [6.07, 6.45) is -1.68. The Hall–Kier alpha value is -0.110. The van der Waals surface area contributed by atoms with Gasteiger partial charge in [0.25, 0.3) is 0 Å². The summed E-state index contributed by atoms with van der Waals surface area (Å²) in [6.45, 7) is -0.363. The highest BCUT2D eigenvalue weighted by Gasteiger charge is 2.47. The van der Waals surface area contributed by atoms with Gasteiger partial charge in [0.1, 0.15) is 6.10 Å². The maximum Gasteiger partial charge on any atom is 0.354 e. The van der Waals surface area contributed by atoms with Gasteiger partial charge in [-0.3, -0.25) is 0 Å². The fourth-order valence-corrected chi connectivity index (χ4v) is 1.40. The number of halogens is 2. The monoisotopic (exact) mass is 274 g/mol. The number of carbonyl (C=O) groups excluding carboxylic acids is 1. The Morgan fingerprint density at radius 2 is 2.19 bits per heavy atom. The quantitative estimate of drug-likeness (QED) is 0.365. The number of hydrogen-bond acceptors (Lipinski definition) is 6. The molecule has 0 saturated carbocycles. The van der Waals surface area contributed by atoms with Crippen molar-refractivity contribution in [2.45, 2.75) is 35.9 Å². The van der Waals surface area contributed by atoms with Crippen molar-refractivity contribution in [2.75, 3.05) is 6.61 Å². The Balaban J connectivity index is 2.68. The van der Waals surface area contributed by atoms with Gasteiger partial charge >= 0.3 is 11.9 Å². The van der Waals surface area contributed by atoms with E-state index in [9.17, 15) is 15.0 Å². The third kappa shape index (κ3) is 3.19. The summed E-state index contributed by atoms with van der Waals surface area (Å²) in [4.78, 5) is 9.57. The largest absolute Gasteiger partial charge is 0.404 e. The number of aliphatic hydroxyl groups excluding tert-OH is 2. The molecule has 1 heterocycles. The summed E-state index contributed by atoms with van der Waals surface area (Å²) in [5.41, 5.74) is 0. The van der Waals surface area contributed by atoms with E-state index >= 15 is 0 Å². The normalized spacial score (nSPS) is 35.1. The SMILES string of the molecule is O=C(OC1(O)OC(CO)CCC1O)C(Cl)Cl. The van der Waals surface area contributed by atoms with E-state index in [1.165, 1.54) is 0 Å². The minimum atomic E-state index is -2.51. The van der Waals surface area contributed by atoms with Crippen LogP contribution in [0.15, 0.2) is 0 Å². The van der Waals surface area contributed by atoms with Gasteiger partial charge in [0, 0.05) is 0 Å². The van der Waals surface area contributed by atoms with Gasteiger partial charge < -0.3 is 24.8 Å². The number of carbonyl (C=O) groups is 1. The number of ether oxygens (including phenoxy) is 2. The number of rotatable bonds is 3. The standard InChI is InChI=1S/C8H12Cl2O6/c9-6(10)7(13)16-8(14)5(12)2-1-4(3-11)15-8/h4-6,11-12,14H,1-3H2. The van der Waals surface area contributed by atoms with Gasteiger partial charge in [-0.15, -0.1) is 0 Å². The molecule has 6 nitrogen and oxygen atoms in total. The molecule has 8 heteroatoms. The smallest absolute Gasteiger partial charge is 0.354 e. The van der Waals surface area contributed by atoms with Gasteiger partial charge in [-0.1, -0.05) is 23.2 Å². The van der Waals surface area contributed by atoms with E-state index in [1.807, 2.05) is 0 Å². The third-order valence-corrected chi connectivity index (χ3v) is 2.50. The highest BCUT2D eigenvalue weighted by atomic mass is 35.5. The Bertz CT molecular complexity index is 261.